The van der Waals surface area contributed by atoms with Crippen molar-refractivity contribution < 1.29 is 29.6 Å². The van der Waals surface area contributed by atoms with E-state index in [0.29, 0.717) is 17.7 Å². The second-order valence-electron chi connectivity index (χ2n) is 13.4. The van der Waals surface area contributed by atoms with Crippen molar-refractivity contribution in [3.63, 3.8) is 0 Å². The first-order valence-corrected chi connectivity index (χ1v) is 13.3. The van der Waals surface area contributed by atoms with E-state index in [1.165, 1.54) is 0 Å². The van der Waals surface area contributed by atoms with Crippen LogP contribution in [0.4, 0.5) is 0 Å². The number of aryl methyl sites for hydroxylation is 1. The molecule has 1 aromatic rings. The van der Waals surface area contributed by atoms with Gasteiger partial charge in [-0.25, -0.2) is 4.79 Å². The molecule has 202 valence electrons. The maximum atomic E-state index is 14.4. The summed E-state index contributed by atoms with van der Waals surface area (Å²) in [5.74, 6) is -1.37. The van der Waals surface area contributed by atoms with Gasteiger partial charge in [0.1, 0.15) is 11.8 Å². The van der Waals surface area contributed by atoms with E-state index in [0.717, 1.165) is 0 Å². The van der Waals surface area contributed by atoms with Crippen LogP contribution in [-0.4, -0.2) is 61.3 Å². The number of allylic oxidation sites excluding steroid dienone is 1. The molecule has 37 heavy (non-hydrogen) atoms. The van der Waals surface area contributed by atoms with Crippen LogP contribution in [0.25, 0.3) is 0 Å². The number of carbonyl (C=O) groups is 2. The third kappa shape index (κ3) is 3.28. The van der Waals surface area contributed by atoms with Gasteiger partial charge in [-0.3, -0.25) is 9.48 Å². The van der Waals surface area contributed by atoms with Crippen molar-refractivity contribution in [1.82, 2.24) is 9.78 Å². The highest BCUT2D eigenvalue weighted by Gasteiger charge is 2.76. The van der Waals surface area contributed by atoms with E-state index in [4.69, 9.17) is 4.74 Å². The topological polar surface area (TPSA) is 122 Å². The standard InChI is InChI=1S/C29H40N2O6/c1-14-12-28-15(2)9-19-21(27(19,7)8)18(23(28)34)11-17(13-32)22(33)29(28,36)24(14)37-25(35)20-10-16(3)30-31(20)26(4,5)6/h10-12,15,18-19,21-22,24,32-33,36H,9,13H2,1-8H3/t15-,18+,19-,21+,22-,24+,28+,29+/m1/s1. The zero-order chi connectivity index (χ0) is 27.5. The number of hydrogen-bond donors (Lipinski definition) is 3. The third-order valence-corrected chi connectivity index (χ3v) is 9.80. The Morgan fingerprint density at radius 1 is 1.27 bits per heavy atom. The van der Waals surface area contributed by atoms with E-state index in [1.54, 1.807) is 36.7 Å². The van der Waals surface area contributed by atoms with Gasteiger partial charge in [0.25, 0.3) is 0 Å². The van der Waals surface area contributed by atoms with E-state index in [9.17, 15) is 24.9 Å². The number of ether oxygens (including phenoxy) is 1. The molecule has 8 nitrogen and oxygen atoms in total. The molecule has 0 saturated heterocycles. The highest BCUT2D eigenvalue weighted by atomic mass is 16.6. The lowest BCUT2D eigenvalue weighted by molar-refractivity contribution is -0.190. The summed E-state index contributed by atoms with van der Waals surface area (Å²) < 4.78 is 7.60. The minimum atomic E-state index is -2.16. The molecule has 1 aromatic heterocycles. The summed E-state index contributed by atoms with van der Waals surface area (Å²) in [5.41, 5.74) is -2.58. The number of aromatic nitrogens is 2. The lowest BCUT2D eigenvalue weighted by atomic mass is 9.59. The molecule has 5 rings (SSSR count). The molecule has 0 unspecified atom stereocenters. The molecule has 2 fully saturated rings. The third-order valence-electron chi connectivity index (χ3n) is 9.80. The number of aliphatic hydroxyl groups excluding tert-OH is 2. The average molecular weight is 513 g/mol. The molecule has 1 heterocycles. The SMILES string of the molecule is CC1=C[C@]23C(=O)[C@@H](C=C(CO)[C@@H](O)[C@]2(O)[C@H]1OC(=O)c1cc(C)nn1C(C)(C)C)[C@H]1[C@@H](C[C@H]3C)C1(C)C. The van der Waals surface area contributed by atoms with Crippen molar-refractivity contribution in [2.75, 3.05) is 6.61 Å². The van der Waals surface area contributed by atoms with Gasteiger partial charge in [0.15, 0.2) is 17.5 Å². The van der Waals surface area contributed by atoms with Crippen molar-refractivity contribution >= 4 is 11.8 Å². The number of rotatable bonds is 3. The van der Waals surface area contributed by atoms with E-state index in [2.05, 4.69) is 18.9 Å². The summed E-state index contributed by atoms with van der Waals surface area (Å²) in [7, 11) is 0. The number of Topliss-reactive ketones (excluding diaryl/α,β-unsaturated/α-hetero) is 1. The molecule has 1 spiro atoms. The van der Waals surface area contributed by atoms with Crippen LogP contribution in [-0.2, 0) is 15.1 Å². The maximum absolute atomic E-state index is 14.4. The summed E-state index contributed by atoms with van der Waals surface area (Å²) in [5, 5.41) is 38.9. The summed E-state index contributed by atoms with van der Waals surface area (Å²) in [6.07, 6.45) is 1.26. The van der Waals surface area contributed by atoms with Gasteiger partial charge >= 0.3 is 5.97 Å². The van der Waals surface area contributed by atoms with Crippen LogP contribution in [0.5, 0.6) is 0 Å². The Labute approximate surface area is 218 Å². The molecule has 8 atom stereocenters. The van der Waals surface area contributed by atoms with Gasteiger partial charge in [-0.1, -0.05) is 32.9 Å². The van der Waals surface area contributed by atoms with E-state index in [1.807, 2.05) is 27.7 Å². The number of carbonyl (C=O) groups excluding carboxylic acids is 2. The quantitative estimate of drug-likeness (QED) is 0.420. The Hall–Kier alpha value is -2.29. The zero-order valence-electron chi connectivity index (χ0n) is 23.1. The minimum absolute atomic E-state index is 0.0485. The Morgan fingerprint density at radius 2 is 1.92 bits per heavy atom. The molecule has 2 saturated carbocycles. The van der Waals surface area contributed by atoms with Gasteiger partial charge < -0.3 is 20.1 Å². The molecule has 0 aliphatic heterocycles. The van der Waals surface area contributed by atoms with Gasteiger partial charge in [-0.05, 0) is 81.4 Å². The molecular weight excluding hydrogens is 472 g/mol. The van der Waals surface area contributed by atoms with Gasteiger partial charge in [0, 0.05) is 5.92 Å². The highest BCUT2D eigenvalue weighted by Crippen LogP contribution is 2.71. The average Bonchev–Trinajstić information content (AvgIpc) is 3.07. The van der Waals surface area contributed by atoms with Crippen molar-refractivity contribution in [2.24, 2.45) is 34.5 Å². The number of nitrogens with zero attached hydrogens (tertiary/aromatic N) is 2. The Morgan fingerprint density at radius 3 is 2.51 bits per heavy atom. The molecule has 0 amide bonds. The van der Waals surface area contributed by atoms with Crippen LogP contribution in [0.15, 0.2) is 29.4 Å². The number of aliphatic hydroxyl groups is 3. The van der Waals surface area contributed by atoms with Crippen LogP contribution in [0.3, 0.4) is 0 Å². The Balaban J connectivity index is 1.63. The van der Waals surface area contributed by atoms with Crippen LogP contribution in [0, 0.1) is 41.4 Å². The van der Waals surface area contributed by atoms with E-state index in [-0.39, 0.29) is 40.2 Å². The fourth-order valence-electron chi connectivity index (χ4n) is 7.92. The number of fused-ring (bicyclic) bond motifs is 3. The Bertz CT molecular complexity index is 1240. The second-order valence-corrected chi connectivity index (χ2v) is 13.4. The highest BCUT2D eigenvalue weighted by molar-refractivity contribution is 5.96. The monoisotopic (exact) mass is 512 g/mol. The minimum Gasteiger partial charge on any atom is -0.450 e. The van der Waals surface area contributed by atoms with Gasteiger partial charge in [0.2, 0.25) is 0 Å². The van der Waals surface area contributed by atoms with E-state index < -0.39 is 47.3 Å². The van der Waals surface area contributed by atoms with Crippen LogP contribution >= 0.6 is 0 Å². The number of hydrogen-bond acceptors (Lipinski definition) is 7. The van der Waals surface area contributed by atoms with Crippen LogP contribution < -0.4 is 0 Å². The van der Waals surface area contributed by atoms with E-state index >= 15 is 0 Å². The molecule has 2 bridgehead atoms. The molecule has 4 aliphatic rings. The lowest BCUT2D eigenvalue weighted by Crippen LogP contribution is -2.65. The van der Waals surface area contributed by atoms with Gasteiger partial charge in [-0.15, -0.1) is 0 Å². The summed E-state index contributed by atoms with van der Waals surface area (Å²) in [6, 6.07) is 1.63. The molecule has 0 aromatic carbocycles. The largest absolute Gasteiger partial charge is 0.450 e. The smallest absolute Gasteiger partial charge is 0.357 e. The maximum Gasteiger partial charge on any atom is 0.357 e. The molecule has 3 N–H and O–H groups in total. The number of ketones is 1. The summed E-state index contributed by atoms with van der Waals surface area (Å²) in [4.78, 5) is 28.0. The molecule has 0 radical (unpaired) electrons. The fraction of sp³-hybridized carbons (Fsp3) is 0.690. The molecule has 8 heteroatoms. The molecular formula is C29H40N2O6. The first-order valence-electron chi connectivity index (χ1n) is 13.3. The first kappa shape index (κ1) is 26.3. The number of esters is 1. The molecule has 4 aliphatic carbocycles. The zero-order valence-corrected chi connectivity index (χ0v) is 23.1. The van der Waals surface area contributed by atoms with Crippen LogP contribution in [0.1, 0.15) is 71.1 Å². The normalized spacial score (nSPS) is 40.1. The van der Waals surface area contributed by atoms with Crippen molar-refractivity contribution in [2.45, 2.75) is 85.2 Å². The van der Waals surface area contributed by atoms with Gasteiger partial charge in [0.05, 0.1) is 23.3 Å². The predicted molar refractivity (Wildman–Crippen MR) is 137 cm³/mol. The Kier molecular flexibility index (Phi) is 5.60. The lowest BCUT2D eigenvalue weighted by Gasteiger charge is -2.48. The van der Waals surface area contributed by atoms with Gasteiger partial charge in [-0.2, -0.15) is 5.10 Å². The van der Waals surface area contributed by atoms with Crippen molar-refractivity contribution in [3.8, 4) is 0 Å². The predicted octanol–water partition coefficient (Wildman–Crippen LogP) is 2.94. The summed E-state index contributed by atoms with van der Waals surface area (Å²) >= 11 is 0. The van der Waals surface area contributed by atoms with Crippen molar-refractivity contribution in [3.05, 3.63) is 40.8 Å². The van der Waals surface area contributed by atoms with Crippen LogP contribution in [0.2, 0.25) is 0 Å². The fourth-order valence-corrected chi connectivity index (χ4v) is 7.92. The van der Waals surface area contributed by atoms with Crippen molar-refractivity contribution in [1.29, 1.82) is 0 Å². The first-order chi connectivity index (χ1) is 17.0. The second kappa shape index (κ2) is 7.87. The summed E-state index contributed by atoms with van der Waals surface area (Å²) in [6.45, 7) is 15.0.